The summed E-state index contributed by atoms with van der Waals surface area (Å²) >= 11 is 0. The van der Waals surface area contributed by atoms with Gasteiger partial charge in [-0.1, -0.05) is 31.4 Å². The number of amides is 1. The molecule has 5 heterocycles. The number of hydrogen-bond donors (Lipinski definition) is 1. The number of nitrogens with zero attached hydrogens (tertiary/aromatic N) is 3. The summed E-state index contributed by atoms with van der Waals surface area (Å²) in [5, 5.41) is 11.1. The van der Waals surface area contributed by atoms with Crippen LogP contribution in [0.2, 0.25) is 0 Å². The molecule has 7 heteroatoms. The third kappa shape index (κ3) is 3.60. The molecule has 1 saturated carbocycles. The maximum atomic E-state index is 14.7. The fourth-order valence-corrected chi connectivity index (χ4v) is 8.55. The van der Waals surface area contributed by atoms with Gasteiger partial charge < -0.3 is 19.3 Å². The van der Waals surface area contributed by atoms with Crippen molar-refractivity contribution in [2.24, 2.45) is 5.41 Å². The molecule has 212 valence electrons. The summed E-state index contributed by atoms with van der Waals surface area (Å²) in [6.45, 7) is 2.21. The number of piperazine rings is 1. The molecule has 4 aliphatic heterocycles. The zero-order valence-corrected chi connectivity index (χ0v) is 23.9. The second-order valence-corrected chi connectivity index (χ2v) is 12.9. The zero-order chi connectivity index (χ0) is 28.0. The van der Waals surface area contributed by atoms with Crippen molar-refractivity contribution in [2.45, 2.75) is 69.5 Å². The molecule has 3 aromatic rings. The minimum absolute atomic E-state index is 0.201. The van der Waals surface area contributed by atoms with Gasteiger partial charge in [0, 0.05) is 48.2 Å². The van der Waals surface area contributed by atoms with E-state index in [0.717, 1.165) is 77.8 Å². The Bertz CT molecular complexity index is 1650. The van der Waals surface area contributed by atoms with Crippen molar-refractivity contribution < 1.29 is 19.4 Å². The summed E-state index contributed by atoms with van der Waals surface area (Å²) in [5.74, 6) is 0.474. The number of methoxy groups -OCH3 is 1. The Labute approximate surface area is 240 Å². The minimum Gasteiger partial charge on any atom is -0.497 e. The molecular formula is C34H37N3O4. The van der Waals surface area contributed by atoms with E-state index in [-0.39, 0.29) is 17.5 Å². The number of hydrogen-bond acceptors (Lipinski definition) is 4. The van der Waals surface area contributed by atoms with Gasteiger partial charge in [0.15, 0.2) is 0 Å². The molecule has 7 nitrogen and oxygen atoms in total. The van der Waals surface area contributed by atoms with Crippen LogP contribution in [0.4, 0.5) is 0 Å². The van der Waals surface area contributed by atoms with Gasteiger partial charge in [-0.25, -0.2) is 4.79 Å². The first-order valence-corrected chi connectivity index (χ1v) is 15.2. The van der Waals surface area contributed by atoms with Crippen LogP contribution in [-0.2, 0) is 11.3 Å². The van der Waals surface area contributed by atoms with Crippen LogP contribution < -0.4 is 4.74 Å². The number of piperidine rings is 2. The molecule has 2 unspecified atom stereocenters. The molecule has 2 aromatic carbocycles. The van der Waals surface area contributed by atoms with Crippen LogP contribution in [0, 0.1) is 5.41 Å². The van der Waals surface area contributed by atoms with Gasteiger partial charge in [0.1, 0.15) is 11.2 Å². The van der Waals surface area contributed by atoms with Gasteiger partial charge in [-0.2, -0.15) is 0 Å². The van der Waals surface area contributed by atoms with E-state index in [0.29, 0.717) is 18.5 Å². The number of aromatic nitrogens is 1. The van der Waals surface area contributed by atoms with Crippen LogP contribution in [0.5, 0.6) is 5.75 Å². The first kappa shape index (κ1) is 25.2. The Balaban J connectivity index is 1.35. The molecule has 41 heavy (non-hydrogen) atoms. The highest BCUT2D eigenvalue weighted by atomic mass is 16.5. The van der Waals surface area contributed by atoms with Gasteiger partial charge in [-0.05, 0) is 85.7 Å². The smallest absolute Gasteiger partial charge is 0.335 e. The Hall–Kier alpha value is -3.58. The van der Waals surface area contributed by atoms with Gasteiger partial charge in [0.05, 0.1) is 18.4 Å². The predicted molar refractivity (Wildman–Crippen MR) is 158 cm³/mol. The van der Waals surface area contributed by atoms with Crippen molar-refractivity contribution in [1.82, 2.24) is 14.4 Å². The lowest BCUT2D eigenvalue weighted by molar-refractivity contribution is -0.146. The maximum absolute atomic E-state index is 14.7. The molecule has 1 N–H and O–H groups in total. The van der Waals surface area contributed by atoms with E-state index in [1.807, 2.05) is 18.2 Å². The lowest BCUT2D eigenvalue weighted by Crippen LogP contribution is -2.64. The number of carboxylic acids is 1. The van der Waals surface area contributed by atoms with Crippen LogP contribution >= 0.6 is 0 Å². The number of aromatic carboxylic acids is 1. The Kier molecular flexibility index (Phi) is 5.50. The molecule has 2 aliphatic carbocycles. The van der Waals surface area contributed by atoms with Crippen molar-refractivity contribution in [1.29, 1.82) is 0 Å². The quantitative estimate of drug-likeness (QED) is 0.446. The molecule has 3 atom stereocenters. The summed E-state index contributed by atoms with van der Waals surface area (Å²) in [6, 6.07) is 12.5. The SMILES string of the molecule is COc1ccc2c(c1)C1=C[C@]1(C(=O)N1CC3CCC1CN3C)Cn1c-2c(C2CCCCC2)c2ccc(C(=O)O)cc21. The van der Waals surface area contributed by atoms with Crippen LogP contribution in [0.1, 0.15) is 72.3 Å². The topological polar surface area (TPSA) is 75.0 Å². The number of fused-ring (bicyclic) bond motifs is 10. The number of rotatable bonds is 4. The maximum Gasteiger partial charge on any atom is 0.335 e. The van der Waals surface area contributed by atoms with Crippen molar-refractivity contribution in [2.75, 3.05) is 27.2 Å². The van der Waals surface area contributed by atoms with Crippen LogP contribution in [0.3, 0.4) is 0 Å². The number of likely N-dealkylation sites (N-methyl/N-ethyl adjacent to an activating group) is 1. The fraction of sp³-hybridized carbons (Fsp3) is 0.471. The van der Waals surface area contributed by atoms with Crippen LogP contribution in [0.15, 0.2) is 42.5 Å². The van der Waals surface area contributed by atoms with Gasteiger partial charge in [-0.15, -0.1) is 0 Å². The number of carboxylic acid groups (broad SMARTS) is 1. The average Bonchev–Trinajstić information content (AvgIpc) is 3.67. The van der Waals surface area contributed by atoms with Crippen molar-refractivity contribution in [3.05, 3.63) is 59.2 Å². The molecule has 9 rings (SSSR count). The van der Waals surface area contributed by atoms with Crippen LogP contribution in [-0.4, -0.2) is 70.7 Å². The van der Waals surface area contributed by atoms with E-state index in [4.69, 9.17) is 4.74 Å². The Morgan fingerprint density at radius 3 is 2.46 bits per heavy atom. The van der Waals surface area contributed by atoms with Gasteiger partial charge in [0.25, 0.3) is 0 Å². The van der Waals surface area contributed by atoms with E-state index in [2.05, 4.69) is 39.6 Å². The lowest BCUT2D eigenvalue weighted by atomic mass is 9.81. The molecule has 0 radical (unpaired) electrons. The fourth-order valence-electron chi connectivity index (χ4n) is 8.55. The van der Waals surface area contributed by atoms with Gasteiger partial charge in [0.2, 0.25) is 5.91 Å². The first-order chi connectivity index (χ1) is 19.9. The molecule has 6 aliphatic rings. The number of benzene rings is 2. The number of carbonyl (C=O) groups excluding carboxylic acids is 1. The molecule has 3 saturated heterocycles. The second-order valence-electron chi connectivity index (χ2n) is 12.9. The van der Waals surface area contributed by atoms with Crippen molar-refractivity contribution in [3.63, 3.8) is 0 Å². The van der Waals surface area contributed by atoms with E-state index < -0.39 is 11.4 Å². The Morgan fingerprint density at radius 1 is 0.951 bits per heavy atom. The molecule has 0 spiro atoms. The van der Waals surface area contributed by atoms with E-state index in [1.165, 1.54) is 24.8 Å². The summed E-state index contributed by atoms with van der Waals surface area (Å²) in [4.78, 5) is 31.4. The third-order valence-electron chi connectivity index (χ3n) is 10.8. The highest BCUT2D eigenvalue weighted by Crippen LogP contribution is 2.60. The summed E-state index contributed by atoms with van der Waals surface area (Å²) in [5.41, 5.74) is 6.26. The summed E-state index contributed by atoms with van der Waals surface area (Å²) in [7, 11) is 3.87. The molecule has 4 fully saturated rings. The third-order valence-corrected chi connectivity index (χ3v) is 10.8. The highest BCUT2D eigenvalue weighted by molar-refractivity contribution is 6.12. The minimum atomic E-state index is -0.926. The lowest BCUT2D eigenvalue weighted by Gasteiger charge is -2.51. The summed E-state index contributed by atoms with van der Waals surface area (Å²) < 4.78 is 7.99. The van der Waals surface area contributed by atoms with Crippen LogP contribution in [0.25, 0.3) is 27.7 Å². The number of ether oxygens (including phenoxy) is 1. The van der Waals surface area contributed by atoms with Crippen molar-refractivity contribution >= 4 is 28.4 Å². The molecular weight excluding hydrogens is 514 g/mol. The van der Waals surface area contributed by atoms with Crippen molar-refractivity contribution in [3.8, 4) is 17.0 Å². The molecule has 1 aromatic heterocycles. The molecule has 2 bridgehead atoms. The average molecular weight is 552 g/mol. The van der Waals surface area contributed by atoms with Gasteiger partial charge >= 0.3 is 5.97 Å². The van der Waals surface area contributed by atoms with E-state index in [9.17, 15) is 14.7 Å². The highest BCUT2D eigenvalue weighted by Gasteiger charge is 2.58. The van der Waals surface area contributed by atoms with Gasteiger partial charge in [-0.3, -0.25) is 9.69 Å². The zero-order valence-electron chi connectivity index (χ0n) is 23.9. The van der Waals surface area contributed by atoms with E-state index >= 15 is 0 Å². The second kappa shape index (κ2) is 8.96. The normalized spacial score (nSPS) is 27.1. The van der Waals surface area contributed by atoms with E-state index in [1.54, 1.807) is 13.2 Å². The number of carbonyl (C=O) groups is 2. The molecule has 1 amide bonds. The Morgan fingerprint density at radius 2 is 1.76 bits per heavy atom. The monoisotopic (exact) mass is 551 g/mol. The largest absolute Gasteiger partial charge is 0.497 e. The first-order valence-electron chi connectivity index (χ1n) is 15.2. The standard InChI is InChI=1S/C34H37N3O4/c1-35-17-23-10-9-22(35)18-36(23)33(40)34-16-28(34)27-15-24(41-2)11-13-25(27)31-30(20-6-4-3-5-7-20)26-12-8-21(32(38)39)14-29(26)37(31)19-34/h8,11-16,20,22-23H,3-7,9-10,17-19H2,1-2H3,(H,38,39)/t22?,23?,34-/m0/s1. The summed E-state index contributed by atoms with van der Waals surface area (Å²) in [6.07, 6.45) is 10.3. The predicted octanol–water partition coefficient (Wildman–Crippen LogP) is 5.76.